The summed E-state index contributed by atoms with van der Waals surface area (Å²) < 4.78 is 6.16. The van der Waals surface area contributed by atoms with E-state index in [4.69, 9.17) is 39.1 Å². The van der Waals surface area contributed by atoms with E-state index in [0.29, 0.717) is 26.0 Å². The van der Waals surface area contributed by atoms with Crippen LogP contribution in [0.25, 0.3) is 0 Å². The first-order valence-corrected chi connectivity index (χ1v) is 6.94. The van der Waals surface area contributed by atoms with Crippen molar-refractivity contribution in [3.05, 3.63) is 44.1 Å². The number of hydrogen-bond acceptors (Lipinski definition) is 4. The van der Waals surface area contributed by atoms with Crippen molar-refractivity contribution in [3.8, 4) is 11.8 Å². The molecule has 0 saturated heterocycles. The minimum Gasteiger partial charge on any atom is -0.423 e. The Hall–Kier alpha value is -1.37. The van der Waals surface area contributed by atoms with Crippen molar-refractivity contribution in [3.63, 3.8) is 0 Å². The Morgan fingerprint density at radius 3 is 2.60 bits per heavy atom. The van der Waals surface area contributed by atoms with Gasteiger partial charge >= 0.3 is 6.01 Å². The summed E-state index contributed by atoms with van der Waals surface area (Å²) in [7, 11) is 0. The first kappa shape index (κ1) is 15.0. The van der Waals surface area contributed by atoms with Crippen LogP contribution in [0.1, 0.15) is 11.4 Å². The molecule has 2 aromatic rings. The number of aromatic nitrogens is 2. The van der Waals surface area contributed by atoms with Crippen molar-refractivity contribution in [2.24, 2.45) is 5.73 Å². The number of hydrogen-bond donors (Lipinski definition) is 2. The number of aryl methyl sites for hydroxylation is 1. The minimum absolute atomic E-state index is 0.0514. The Kier molecular flexibility index (Phi) is 4.47. The zero-order valence-corrected chi connectivity index (χ0v) is 13.3. The van der Waals surface area contributed by atoms with Crippen LogP contribution in [-0.4, -0.2) is 15.8 Å². The van der Waals surface area contributed by atoms with Crippen LogP contribution in [0, 0.1) is 12.3 Å². The molecule has 0 aliphatic rings. The maximum absolute atomic E-state index is 7.39. The molecule has 5 nitrogen and oxygen atoms in total. The highest BCUT2D eigenvalue weighted by Gasteiger charge is 2.11. The Morgan fingerprint density at radius 1 is 1.25 bits per heavy atom. The molecule has 0 saturated carbocycles. The quantitative estimate of drug-likeness (QED) is 0.483. The number of nitrogens with one attached hydrogen (secondary N) is 1. The smallest absolute Gasteiger partial charge is 0.322 e. The van der Waals surface area contributed by atoms with E-state index in [-0.39, 0.29) is 17.5 Å². The number of halogens is 3. The number of nitrogen functional groups attached to an aromatic ring is 1. The lowest BCUT2D eigenvalue weighted by molar-refractivity contribution is 0.440. The normalized spacial score (nSPS) is 10.4. The van der Waals surface area contributed by atoms with Crippen molar-refractivity contribution in [1.29, 1.82) is 5.41 Å². The number of rotatable bonds is 3. The van der Waals surface area contributed by atoms with Crippen LogP contribution in [0.4, 0.5) is 0 Å². The van der Waals surface area contributed by atoms with Gasteiger partial charge in [-0.1, -0.05) is 23.2 Å². The van der Waals surface area contributed by atoms with Crippen LogP contribution in [0.5, 0.6) is 11.8 Å². The lowest BCUT2D eigenvalue weighted by Crippen LogP contribution is -2.14. The van der Waals surface area contributed by atoms with Gasteiger partial charge in [0.2, 0.25) is 0 Å². The molecule has 1 aromatic heterocycles. The second-order valence-corrected chi connectivity index (χ2v) is 5.56. The average Bonchev–Trinajstić information content (AvgIpc) is 2.35. The second kappa shape index (κ2) is 5.95. The van der Waals surface area contributed by atoms with Crippen LogP contribution >= 0.6 is 39.1 Å². The van der Waals surface area contributed by atoms with Gasteiger partial charge in [-0.2, -0.15) is 4.98 Å². The fourth-order valence-electron chi connectivity index (χ4n) is 1.41. The molecule has 0 aliphatic heterocycles. The van der Waals surface area contributed by atoms with Gasteiger partial charge in [-0.15, -0.1) is 0 Å². The third-order valence-electron chi connectivity index (χ3n) is 2.29. The molecule has 3 N–H and O–H groups in total. The number of nitrogens with two attached hydrogens (primary N) is 1. The van der Waals surface area contributed by atoms with Crippen molar-refractivity contribution in [1.82, 2.24) is 9.97 Å². The molecule has 0 amide bonds. The van der Waals surface area contributed by atoms with E-state index in [0.717, 1.165) is 0 Å². The molecule has 2 rings (SSSR count). The Labute approximate surface area is 133 Å². The number of ether oxygens (including phenoxy) is 1. The average molecular weight is 376 g/mol. The lowest BCUT2D eigenvalue weighted by Gasteiger charge is -2.09. The number of benzene rings is 1. The molecule has 1 heterocycles. The van der Waals surface area contributed by atoms with Gasteiger partial charge in [0, 0.05) is 16.2 Å². The summed E-state index contributed by atoms with van der Waals surface area (Å²) in [5, 5.41) is 8.20. The molecule has 20 heavy (non-hydrogen) atoms. The van der Waals surface area contributed by atoms with E-state index in [1.165, 1.54) is 0 Å². The summed E-state index contributed by atoms with van der Waals surface area (Å²) in [5.41, 5.74) is 6.31. The molecule has 0 aliphatic carbocycles. The SMILES string of the molecule is Cc1cc(C(=N)N)nc(Oc2cc(Cl)c(Br)cc2Cl)n1. The van der Waals surface area contributed by atoms with E-state index >= 15 is 0 Å². The van der Waals surface area contributed by atoms with Gasteiger partial charge in [-0.05, 0) is 35.0 Å². The largest absolute Gasteiger partial charge is 0.423 e. The summed E-state index contributed by atoms with van der Waals surface area (Å²) in [6.07, 6.45) is 0. The summed E-state index contributed by atoms with van der Waals surface area (Å²) >= 11 is 15.3. The summed E-state index contributed by atoms with van der Waals surface area (Å²) in [4.78, 5) is 8.13. The van der Waals surface area contributed by atoms with Crippen LogP contribution < -0.4 is 10.5 Å². The fourth-order valence-corrected chi connectivity index (χ4v) is 2.24. The van der Waals surface area contributed by atoms with Crippen LogP contribution in [0.3, 0.4) is 0 Å². The maximum atomic E-state index is 7.39. The Balaban J connectivity index is 2.40. The van der Waals surface area contributed by atoms with Gasteiger partial charge in [0.15, 0.2) is 5.75 Å². The number of nitrogens with zero attached hydrogens (tertiary/aromatic N) is 2. The van der Waals surface area contributed by atoms with Crippen LogP contribution in [0.2, 0.25) is 10.0 Å². The van der Waals surface area contributed by atoms with Crippen molar-refractivity contribution in [2.75, 3.05) is 0 Å². The van der Waals surface area contributed by atoms with Gasteiger partial charge in [0.05, 0.1) is 10.0 Å². The predicted octanol–water partition coefficient (Wildman–Crippen LogP) is 3.93. The van der Waals surface area contributed by atoms with E-state index in [1.54, 1.807) is 25.1 Å². The molecule has 0 radical (unpaired) electrons. The highest BCUT2D eigenvalue weighted by Crippen LogP contribution is 2.35. The van der Waals surface area contributed by atoms with E-state index in [2.05, 4.69) is 25.9 Å². The zero-order chi connectivity index (χ0) is 14.9. The van der Waals surface area contributed by atoms with E-state index < -0.39 is 0 Å². The summed E-state index contributed by atoms with van der Waals surface area (Å²) in [5.74, 6) is 0.153. The molecule has 8 heteroatoms. The molecule has 0 spiro atoms. The highest BCUT2D eigenvalue weighted by atomic mass is 79.9. The standard InChI is InChI=1S/C12H9BrCl2N4O/c1-5-2-9(11(16)17)19-12(18-5)20-10-4-7(14)6(13)3-8(10)15/h2-4H,1H3,(H3,16,17). The third-order valence-corrected chi connectivity index (χ3v) is 3.78. The lowest BCUT2D eigenvalue weighted by atomic mass is 10.3. The van der Waals surface area contributed by atoms with Gasteiger partial charge < -0.3 is 10.5 Å². The molecule has 1 aromatic carbocycles. The first-order valence-electron chi connectivity index (χ1n) is 5.39. The van der Waals surface area contributed by atoms with Gasteiger partial charge in [-0.25, -0.2) is 4.98 Å². The first-order chi connectivity index (χ1) is 9.36. The van der Waals surface area contributed by atoms with E-state index in [1.807, 2.05) is 0 Å². The zero-order valence-electron chi connectivity index (χ0n) is 10.2. The molecule has 0 atom stereocenters. The highest BCUT2D eigenvalue weighted by molar-refractivity contribution is 9.10. The molecular weight excluding hydrogens is 367 g/mol. The molecule has 0 bridgehead atoms. The second-order valence-electron chi connectivity index (χ2n) is 3.89. The summed E-state index contributed by atoms with van der Waals surface area (Å²) in [6, 6.07) is 4.80. The maximum Gasteiger partial charge on any atom is 0.322 e. The summed E-state index contributed by atoms with van der Waals surface area (Å²) in [6.45, 7) is 1.75. The molecule has 0 fully saturated rings. The molecule has 0 unspecified atom stereocenters. The fraction of sp³-hybridized carbons (Fsp3) is 0.0833. The topological polar surface area (TPSA) is 84.9 Å². The third kappa shape index (κ3) is 3.39. The van der Waals surface area contributed by atoms with Crippen molar-refractivity contribution in [2.45, 2.75) is 6.92 Å². The Morgan fingerprint density at radius 2 is 1.95 bits per heavy atom. The molecule has 104 valence electrons. The van der Waals surface area contributed by atoms with Gasteiger partial charge in [-0.3, -0.25) is 5.41 Å². The van der Waals surface area contributed by atoms with Crippen molar-refractivity contribution < 1.29 is 4.74 Å². The van der Waals surface area contributed by atoms with Gasteiger partial charge in [0.1, 0.15) is 11.5 Å². The molecular formula is C12H9BrCl2N4O. The minimum atomic E-state index is -0.166. The van der Waals surface area contributed by atoms with E-state index in [9.17, 15) is 0 Å². The number of amidine groups is 1. The monoisotopic (exact) mass is 374 g/mol. The predicted molar refractivity (Wildman–Crippen MR) is 82.0 cm³/mol. The van der Waals surface area contributed by atoms with Crippen LogP contribution in [-0.2, 0) is 0 Å². The van der Waals surface area contributed by atoms with Gasteiger partial charge in [0.25, 0.3) is 0 Å². The van der Waals surface area contributed by atoms with Crippen LogP contribution in [0.15, 0.2) is 22.7 Å². The van der Waals surface area contributed by atoms with Crippen molar-refractivity contribution >= 4 is 45.0 Å². The Bertz CT molecular complexity index is 693.